The summed E-state index contributed by atoms with van der Waals surface area (Å²) in [5, 5.41) is 2.91. The van der Waals surface area contributed by atoms with Gasteiger partial charge in [-0.2, -0.15) is 0 Å². The monoisotopic (exact) mass is 289 g/mol. The van der Waals surface area contributed by atoms with E-state index in [9.17, 15) is 9.59 Å². The lowest BCUT2D eigenvalue weighted by molar-refractivity contribution is -0.141. The molecule has 3 nitrogen and oxygen atoms in total. The van der Waals surface area contributed by atoms with Crippen LogP contribution in [0.3, 0.4) is 0 Å². The molecule has 0 saturated heterocycles. The topological polar surface area (TPSA) is 46.2 Å². The third kappa shape index (κ3) is 4.16. The van der Waals surface area contributed by atoms with Crippen LogP contribution in [-0.2, 0) is 9.59 Å². The minimum absolute atomic E-state index is 0.0180. The molecular formula is C18H27NO2. The Hall–Kier alpha value is -1.64. The van der Waals surface area contributed by atoms with Gasteiger partial charge in [0.2, 0.25) is 5.91 Å². The molecule has 0 fully saturated rings. The van der Waals surface area contributed by atoms with Crippen LogP contribution in [0.4, 0.5) is 5.69 Å². The Balaban J connectivity index is 2.98. The molecule has 0 heterocycles. The molecule has 1 atom stereocenters. The fraction of sp³-hybridized carbons (Fsp3) is 0.556. The Morgan fingerprint density at radius 2 is 1.76 bits per heavy atom. The molecule has 0 saturated carbocycles. The average Bonchev–Trinajstić information content (AvgIpc) is 2.43. The standard InChI is InChI=1S/C18H27NO2/c1-5-6-10-13-18(14(2)3,15(4)20)17(21)19-16-11-8-7-9-12-16/h7-9,11-12,14H,5-6,10,13H2,1-4H3,(H,19,21). The number of nitrogens with one attached hydrogen (secondary N) is 1. The van der Waals surface area contributed by atoms with E-state index in [0.29, 0.717) is 6.42 Å². The highest BCUT2D eigenvalue weighted by Crippen LogP contribution is 2.36. The van der Waals surface area contributed by atoms with Gasteiger partial charge in [0.25, 0.3) is 0 Å². The van der Waals surface area contributed by atoms with Crippen LogP contribution in [0, 0.1) is 11.3 Å². The van der Waals surface area contributed by atoms with E-state index in [2.05, 4.69) is 12.2 Å². The number of hydrogen-bond donors (Lipinski definition) is 1. The lowest BCUT2D eigenvalue weighted by Crippen LogP contribution is -2.46. The van der Waals surface area contributed by atoms with Crippen LogP contribution < -0.4 is 5.32 Å². The van der Waals surface area contributed by atoms with Crippen molar-refractivity contribution in [1.82, 2.24) is 0 Å². The Labute approximate surface area is 128 Å². The molecule has 116 valence electrons. The SMILES string of the molecule is CCCCCC(C(C)=O)(C(=O)Nc1ccccc1)C(C)C. The van der Waals surface area contributed by atoms with Crippen LogP contribution in [0.15, 0.2) is 30.3 Å². The van der Waals surface area contributed by atoms with Gasteiger partial charge in [-0.1, -0.05) is 58.2 Å². The van der Waals surface area contributed by atoms with Gasteiger partial charge in [0.05, 0.1) is 0 Å². The summed E-state index contributed by atoms with van der Waals surface area (Å²) < 4.78 is 0. The first-order chi connectivity index (χ1) is 9.95. The van der Waals surface area contributed by atoms with Crippen molar-refractivity contribution in [3.63, 3.8) is 0 Å². The number of amides is 1. The van der Waals surface area contributed by atoms with Gasteiger partial charge in [0.1, 0.15) is 11.2 Å². The molecule has 1 aromatic rings. The third-order valence-electron chi connectivity index (χ3n) is 4.23. The van der Waals surface area contributed by atoms with Crippen LogP contribution in [0.2, 0.25) is 0 Å². The molecule has 0 bridgehead atoms. The molecule has 0 spiro atoms. The first-order valence-electron chi connectivity index (χ1n) is 7.82. The van der Waals surface area contributed by atoms with E-state index in [4.69, 9.17) is 0 Å². The summed E-state index contributed by atoms with van der Waals surface area (Å²) in [5.74, 6) is -0.232. The minimum atomic E-state index is -0.926. The van der Waals surface area contributed by atoms with E-state index < -0.39 is 5.41 Å². The highest BCUT2D eigenvalue weighted by atomic mass is 16.2. The van der Waals surface area contributed by atoms with Crippen molar-refractivity contribution < 1.29 is 9.59 Å². The van der Waals surface area contributed by atoms with Crippen molar-refractivity contribution in [2.75, 3.05) is 5.32 Å². The lowest BCUT2D eigenvalue weighted by Gasteiger charge is -2.34. The number of unbranched alkanes of at least 4 members (excludes halogenated alkanes) is 2. The third-order valence-corrected chi connectivity index (χ3v) is 4.23. The maximum atomic E-state index is 12.8. The number of ketones is 1. The fourth-order valence-corrected chi connectivity index (χ4v) is 2.82. The van der Waals surface area contributed by atoms with E-state index in [-0.39, 0.29) is 17.6 Å². The number of benzene rings is 1. The Morgan fingerprint density at radius 3 is 2.24 bits per heavy atom. The lowest BCUT2D eigenvalue weighted by atomic mass is 9.69. The van der Waals surface area contributed by atoms with Crippen molar-refractivity contribution in [2.45, 2.75) is 53.4 Å². The first kappa shape index (κ1) is 17.4. The number of anilines is 1. The molecule has 0 radical (unpaired) electrons. The second kappa shape index (κ2) is 7.96. The van der Waals surface area contributed by atoms with Gasteiger partial charge in [0, 0.05) is 5.69 Å². The Bertz CT molecular complexity index is 467. The summed E-state index contributed by atoms with van der Waals surface area (Å²) >= 11 is 0. The van der Waals surface area contributed by atoms with Crippen LogP contribution in [0.5, 0.6) is 0 Å². The van der Waals surface area contributed by atoms with Crippen molar-refractivity contribution in [3.05, 3.63) is 30.3 Å². The van der Waals surface area contributed by atoms with E-state index in [0.717, 1.165) is 24.9 Å². The number of rotatable bonds is 8. The number of carbonyl (C=O) groups is 2. The minimum Gasteiger partial charge on any atom is -0.325 e. The van der Waals surface area contributed by atoms with Crippen molar-refractivity contribution in [1.29, 1.82) is 0 Å². The summed E-state index contributed by atoms with van der Waals surface area (Å²) in [4.78, 5) is 25.1. The zero-order valence-corrected chi connectivity index (χ0v) is 13.6. The molecule has 0 aliphatic carbocycles. The maximum Gasteiger partial charge on any atom is 0.238 e. The first-order valence-corrected chi connectivity index (χ1v) is 7.82. The van der Waals surface area contributed by atoms with E-state index in [1.54, 1.807) is 0 Å². The second-order valence-corrected chi connectivity index (χ2v) is 5.96. The average molecular weight is 289 g/mol. The van der Waals surface area contributed by atoms with Crippen LogP contribution in [0.1, 0.15) is 53.4 Å². The van der Waals surface area contributed by atoms with Gasteiger partial charge >= 0.3 is 0 Å². The number of para-hydroxylation sites is 1. The molecule has 0 aliphatic rings. The van der Waals surface area contributed by atoms with Crippen LogP contribution >= 0.6 is 0 Å². The summed E-state index contributed by atoms with van der Waals surface area (Å²) in [6, 6.07) is 9.33. The van der Waals surface area contributed by atoms with Gasteiger partial charge in [0.15, 0.2) is 0 Å². The normalized spacial score (nSPS) is 13.8. The molecule has 1 unspecified atom stereocenters. The van der Waals surface area contributed by atoms with Gasteiger partial charge < -0.3 is 5.32 Å². The summed E-state index contributed by atoms with van der Waals surface area (Å²) in [6.45, 7) is 7.57. The predicted octanol–water partition coefficient (Wildman–Crippen LogP) is 4.44. The molecule has 3 heteroatoms. The largest absolute Gasteiger partial charge is 0.325 e. The van der Waals surface area contributed by atoms with Gasteiger partial charge in [-0.25, -0.2) is 0 Å². The van der Waals surface area contributed by atoms with Gasteiger partial charge in [-0.15, -0.1) is 0 Å². The molecule has 1 rings (SSSR count). The molecule has 0 aromatic heterocycles. The second-order valence-electron chi connectivity index (χ2n) is 5.96. The quantitative estimate of drug-likeness (QED) is 0.568. The summed E-state index contributed by atoms with van der Waals surface area (Å²) in [5.41, 5.74) is -0.186. The number of Topliss-reactive ketones (excluding diaryl/α,β-unsaturated/α-hetero) is 1. The molecular weight excluding hydrogens is 262 g/mol. The summed E-state index contributed by atoms with van der Waals surface area (Å²) in [6.07, 6.45) is 3.63. The smallest absolute Gasteiger partial charge is 0.238 e. The molecule has 21 heavy (non-hydrogen) atoms. The van der Waals surface area contributed by atoms with Crippen LogP contribution in [-0.4, -0.2) is 11.7 Å². The van der Waals surface area contributed by atoms with Crippen LogP contribution in [0.25, 0.3) is 0 Å². The van der Waals surface area contributed by atoms with E-state index in [1.165, 1.54) is 6.92 Å². The highest BCUT2D eigenvalue weighted by molar-refractivity contribution is 6.10. The van der Waals surface area contributed by atoms with Gasteiger partial charge in [-0.3, -0.25) is 9.59 Å². The van der Waals surface area contributed by atoms with Crippen molar-refractivity contribution >= 4 is 17.4 Å². The highest BCUT2D eigenvalue weighted by Gasteiger charge is 2.45. The molecule has 1 aromatic carbocycles. The van der Waals surface area contributed by atoms with E-state index >= 15 is 0 Å². The number of hydrogen-bond acceptors (Lipinski definition) is 2. The Kier molecular flexibility index (Phi) is 6.60. The van der Waals surface area contributed by atoms with E-state index in [1.807, 2.05) is 44.2 Å². The molecule has 0 aliphatic heterocycles. The molecule has 1 N–H and O–H groups in total. The predicted molar refractivity (Wildman–Crippen MR) is 87.2 cm³/mol. The zero-order valence-electron chi connectivity index (χ0n) is 13.6. The van der Waals surface area contributed by atoms with Crippen molar-refractivity contribution in [3.8, 4) is 0 Å². The Morgan fingerprint density at radius 1 is 1.14 bits per heavy atom. The number of carbonyl (C=O) groups excluding carboxylic acids is 2. The summed E-state index contributed by atoms with van der Waals surface area (Å²) in [7, 11) is 0. The molecule has 1 amide bonds. The van der Waals surface area contributed by atoms with Gasteiger partial charge in [-0.05, 0) is 31.4 Å². The fourth-order valence-electron chi connectivity index (χ4n) is 2.82. The maximum absolute atomic E-state index is 12.8. The van der Waals surface area contributed by atoms with Crippen molar-refractivity contribution in [2.24, 2.45) is 11.3 Å². The zero-order chi connectivity index (χ0) is 15.9.